The number of esters is 1. The lowest BCUT2D eigenvalue weighted by atomic mass is 10.1. The molecule has 0 bridgehead atoms. The summed E-state index contributed by atoms with van der Waals surface area (Å²) < 4.78 is 16.1. The number of hydrogen-bond donors (Lipinski definition) is 1. The Kier molecular flexibility index (Phi) is 5.86. The Morgan fingerprint density at radius 2 is 2.11 bits per heavy atom. The van der Waals surface area contributed by atoms with Crippen molar-refractivity contribution in [3.8, 4) is 6.07 Å². The quantitative estimate of drug-likeness (QED) is 0.623. The molecule has 2 heterocycles. The van der Waals surface area contributed by atoms with E-state index in [1.165, 1.54) is 11.3 Å². The molecule has 2 aromatic heterocycles. The van der Waals surface area contributed by atoms with Gasteiger partial charge in [0.1, 0.15) is 16.7 Å². The number of amides is 1. The van der Waals surface area contributed by atoms with Crippen molar-refractivity contribution in [3.05, 3.63) is 52.6 Å². The lowest BCUT2D eigenvalue weighted by molar-refractivity contribution is -0.119. The van der Waals surface area contributed by atoms with Gasteiger partial charge in [-0.1, -0.05) is 18.2 Å². The smallest absolute Gasteiger partial charge is 0.375 e. The molecule has 0 fully saturated rings. The lowest BCUT2D eigenvalue weighted by Gasteiger charge is -2.06. The molecular formula is C19H16N2O5S. The maximum Gasteiger partial charge on any atom is 0.375 e. The summed E-state index contributed by atoms with van der Waals surface area (Å²) in [5, 5.41) is 14.4. The summed E-state index contributed by atoms with van der Waals surface area (Å²) in [7, 11) is 0. The van der Waals surface area contributed by atoms with Gasteiger partial charge < -0.3 is 19.2 Å². The molecular weight excluding hydrogens is 368 g/mol. The van der Waals surface area contributed by atoms with E-state index < -0.39 is 18.5 Å². The minimum atomic E-state index is -0.747. The number of anilines is 1. The fourth-order valence-corrected chi connectivity index (χ4v) is 3.22. The van der Waals surface area contributed by atoms with Crippen molar-refractivity contribution in [2.75, 3.05) is 18.5 Å². The molecule has 0 spiro atoms. The van der Waals surface area contributed by atoms with E-state index in [-0.39, 0.29) is 12.4 Å². The zero-order valence-electron chi connectivity index (χ0n) is 14.5. The molecule has 0 radical (unpaired) electrons. The van der Waals surface area contributed by atoms with Gasteiger partial charge in [0.2, 0.25) is 5.76 Å². The summed E-state index contributed by atoms with van der Waals surface area (Å²) in [6, 6.07) is 10.8. The van der Waals surface area contributed by atoms with Crippen LogP contribution in [0, 0.1) is 11.3 Å². The summed E-state index contributed by atoms with van der Waals surface area (Å²) in [6.45, 7) is 2.04. The van der Waals surface area contributed by atoms with E-state index in [4.69, 9.17) is 19.2 Å². The molecule has 1 N–H and O–H groups in total. The third-order valence-electron chi connectivity index (χ3n) is 3.71. The van der Waals surface area contributed by atoms with Crippen LogP contribution in [0.5, 0.6) is 0 Å². The van der Waals surface area contributed by atoms with Gasteiger partial charge in [-0.2, -0.15) is 5.26 Å². The molecule has 7 nitrogen and oxygen atoms in total. The normalized spacial score (nSPS) is 10.5. The third-order valence-corrected chi connectivity index (χ3v) is 4.54. The maximum atomic E-state index is 12.4. The Morgan fingerprint density at radius 1 is 1.30 bits per heavy atom. The van der Waals surface area contributed by atoms with Crippen LogP contribution >= 0.6 is 11.3 Å². The monoisotopic (exact) mass is 384 g/mol. The molecule has 3 rings (SSSR count). The Morgan fingerprint density at radius 3 is 2.89 bits per heavy atom. The van der Waals surface area contributed by atoms with Crippen LogP contribution < -0.4 is 5.32 Å². The first kappa shape index (κ1) is 18.6. The van der Waals surface area contributed by atoms with Crippen molar-refractivity contribution in [2.45, 2.75) is 13.5 Å². The topological polar surface area (TPSA) is 102 Å². The summed E-state index contributed by atoms with van der Waals surface area (Å²) in [5.41, 5.74) is 1.49. The number of fused-ring (bicyclic) bond motifs is 1. The van der Waals surface area contributed by atoms with E-state index in [1.54, 1.807) is 23.6 Å². The minimum Gasteiger partial charge on any atom is -0.450 e. The first-order valence-electron chi connectivity index (χ1n) is 8.16. The van der Waals surface area contributed by atoms with E-state index in [0.29, 0.717) is 28.3 Å². The minimum absolute atomic E-state index is 0.0197. The molecule has 27 heavy (non-hydrogen) atoms. The number of rotatable bonds is 7. The Balaban J connectivity index is 1.70. The fraction of sp³-hybridized carbons (Fsp3) is 0.211. The number of para-hydroxylation sites is 1. The van der Waals surface area contributed by atoms with Crippen LogP contribution in [0.3, 0.4) is 0 Å². The maximum absolute atomic E-state index is 12.4. The fourth-order valence-electron chi connectivity index (χ4n) is 2.46. The zero-order valence-corrected chi connectivity index (χ0v) is 15.3. The van der Waals surface area contributed by atoms with Gasteiger partial charge in [-0.15, -0.1) is 11.3 Å². The summed E-state index contributed by atoms with van der Waals surface area (Å²) in [5.74, 6) is -1.27. The number of carbonyl (C=O) groups is 2. The molecule has 0 aliphatic carbocycles. The van der Waals surface area contributed by atoms with E-state index in [0.717, 1.165) is 5.39 Å². The van der Waals surface area contributed by atoms with Crippen LogP contribution in [0.4, 0.5) is 5.00 Å². The number of nitriles is 1. The lowest BCUT2D eigenvalue weighted by Crippen LogP contribution is -2.21. The van der Waals surface area contributed by atoms with E-state index in [1.807, 2.05) is 25.1 Å². The van der Waals surface area contributed by atoms with Crippen molar-refractivity contribution in [3.63, 3.8) is 0 Å². The van der Waals surface area contributed by atoms with Crippen molar-refractivity contribution in [1.82, 2.24) is 0 Å². The molecule has 0 saturated heterocycles. The van der Waals surface area contributed by atoms with Crippen LogP contribution in [0.15, 0.2) is 40.1 Å². The summed E-state index contributed by atoms with van der Waals surface area (Å²) >= 11 is 1.22. The van der Waals surface area contributed by atoms with Gasteiger partial charge in [-0.05, 0) is 24.4 Å². The van der Waals surface area contributed by atoms with E-state index in [2.05, 4.69) is 5.32 Å². The van der Waals surface area contributed by atoms with E-state index >= 15 is 0 Å². The number of benzene rings is 1. The van der Waals surface area contributed by atoms with Crippen LogP contribution in [-0.2, 0) is 20.9 Å². The Labute approximate surface area is 159 Å². The molecule has 1 aromatic carbocycles. The van der Waals surface area contributed by atoms with Gasteiger partial charge in [-0.3, -0.25) is 4.79 Å². The van der Waals surface area contributed by atoms with Gasteiger partial charge in [0.25, 0.3) is 5.91 Å². The molecule has 0 unspecified atom stereocenters. The molecule has 0 aliphatic rings. The van der Waals surface area contributed by atoms with Crippen LogP contribution in [0.25, 0.3) is 11.0 Å². The van der Waals surface area contributed by atoms with Gasteiger partial charge in [0.15, 0.2) is 6.61 Å². The molecule has 0 aliphatic heterocycles. The second-order valence-electron chi connectivity index (χ2n) is 5.44. The number of furan rings is 1. The number of ether oxygens (including phenoxy) is 2. The van der Waals surface area contributed by atoms with Gasteiger partial charge in [0, 0.05) is 17.6 Å². The first-order chi connectivity index (χ1) is 13.1. The SMILES string of the molecule is CCOCc1c(C(=O)OCC(=O)Nc2sccc2C#N)oc2ccccc12. The molecule has 0 saturated carbocycles. The van der Waals surface area contributed by atoms with Crippen molar-refractivity contribution < 1.29 is 23.5 Å². The highest BCUT2D eigenvalue weighted by Crippen LogP contribution is 2.27. The summed E-state index contributed by atoms with van der Waals surface area (Å²) in [6.07, 6.45) is 0. The molecule has 0 atom stereocenters. The Bertz CT molecular complexity index is 1010. The second kappa shape index (κ2) is 8.49. The largest absolute Gasteiger partial charge is 0.450 e. The standard InChI is InChI=1S/C19H16N2O5S/c1-2-24-10-14-13-5-3-4-6-15(13)26-17(14)19(23)25-11-16(22)21-18-12(9-20)7-8-27-18/h3-8H,2,10-11H2,1H3,(H,21,22). The van der Waals surface area contributed by atoms with Crippen LogP contribution in [0.2, 0.25) is 0 Å². The zero-order chi connectivity index (χ0) is 19.2. The number of nitrogens with one attached hydrogen (secondary N) is 1. The van der Waals surface area contributed by atoms with Crippen LogP contribution in [0.1, 0.15) is 28.6 Å². The number of nitrogens with zero attached hydrogens (tertiary/aromatic N) is 1. The van der Waals surface area contributed by atoms with Gasteiger partial charge in [-0.25, -0.2) is 4.79 Å². The van der Waals surface area contributed by atoms with Crippen molar-refractivity contribution in [1.29, 1.82) is 5.26 Å². The van der Waals surface area contributed by atoms with Crippen LogP contribution in [-0.4, -0.2) is 25.1 Å². The highest BCUT2D eigenvalue weighted by Gasteiger charge is 2.22. The predicted octanol–water partition coefficient (Wildman–Crippen LogP) is 3.70. The van der Waals surface area contributed by atoms with Gasteiger partial charge in [0.05, 0.1) is 12.2 Å². The predicted molar refractivity (Wildman–Crippen MR) is 99.5 cm³/mol. The molecule has 3 aromatic rings. The average molecular weight is 384 g/mol. The highest BCUT2D eigenvalue weighted by atomic mass is 32.1. The number of thiophene rings is 1. The summed E-state index contributed by atoms with van der Waals surface area (Å²) in [4.78, 5) is 24.4. The molecule has 1 amide bonds. The average Bonchev–Trinajstić information content (AvgIpc) is 3.28. The molecule has 138 valence electrons. The van der Waals surface area contributed by atoms with Crippen molar-refractivity contribution >= 4 is 39.2 Å². The highest BCUT2D eigenvalue weighted by molar-refractivity contribution is 7.14. The Hall–Kier alpha value is -3.15. The third kappa shape index (κ3) is 4.16. The second-order valence-corrected chi connectivity index (χ2v) is 6.36. The number of carbonyl (C=O) groups excluding carboxylic acids is 2. The van der Waals surface area contributed by atoms with Gasteiger partial charge >= 0.3 is 5.97 Å². The molecule has 8 heteroatoms. The van der Waals surface area contributed by atoms with E-state index in [9.17, 15) is 9.59 Å². The first-order valence-corrected chi connectivity index (χ1v) is 9.04. The number of hydrogen-bond acceptors (Lipinski definition) is 7. The van der Waals surface area contributed by atoms with Crippen molar-refractivity contribution in [2.24, 2.45) is 0 Å².